The Morgan fingerprint density at radius 1 is 1.35 bits per heavy atom. The first-order valence-corrected chi connectivity index (χ1v) is 10.5. The number of nitrogens with one attached hydrogen (secondary N) is 3. The minimum Gasteiger partial charge on any atom is -0.356 e. The lowest BCUT2D eigenvalue weighted by molar-refractivity contribution is 0.580. The van der Waals surface area contributed by atoms with Crippen LogP contribution in [0.4, 0.5) is 0 Å². The second-order valence-electron chi connectivity index (χ2n) is 6.27. The Balaban J connectivity index is 0.00000338. The Morgan fingerprint density at radius 2 is 2.08 bits per heavy atom. The second kappa shape index (κ2) is 10.7. The summed E-state index contributed by atoms with van der Waals surface area (Å²) in [6, 6.07) is 8.03. The smallest absolute Gasteiger partial charge is 0.191 e. The van der Waals surface area contributed by atoms with Crippen LogP contribution >= 0.6 is 24.0 Å². The van der Waals surface area contributed by atoms with E-state index in [2.05, 4.69) is 25.6 Å². The van der Waals surface area contributed by atoms with Crippen molar-refractivity contribution in [2.24, 2.45) is 4.99 Å². The van der Waals surface area contributed by atoms with E-state index in [4.69, 9.17) is 0 Å². The molecule has 3 N–H and O–H groups in total. The highest BCUT2D eigenvalue weighted by atomic mass is 127. The molecule has 0 spiro atoms. The van der Waals surface area contributed by atoms with Crippen LogP contribution in [0.25, 0.3) is 11.0 Å². The van der Waals surface area contributed by atoms with E-state index in [1.54, 1.807) is 7.05 Å². The summed E-state index contributed by atoms with van der Waals surface area (Å²) in [7, 11) is -1.23. The van der Waals surface area contributed by atoms with Crippen LogP contribution in [-0.4, -0.2) is 56.0 Å². The van der Waals surface area contributed by atoms with Crippen LogP contribution in [-0.2, 0) is 16.3 Å². The summed E-state index contributed by atoms with van der Waals surface area (Å²) in [5.41, 5.74) is 2.05. The molecule has 2 aromatic rings. The second-order valence-corrected chi connectivity index (χ2v) is 8.53. The number of hydrogen-bond donors (Lipinski definition) is 3. The number of imidazole rings is 1. The van der Waals surface area contributed by atoms with Crippen LogP contribution in [0.15, 0.2) is 29.3 Å². The van der Waals surface area contributed by atoms with Crippen LogP contribution in [0.3, 0.4) is 0 Å². The third-order valence-electron chi connectivity index (χ3n) is 3.85. The predicted molar refractivity (Wildman–Crippen MR) is 118 cm³/mol. The topological polar surface area (TPSA) is 99.2 Å². The number of fused-ring (bicyclic) bond motifs is 1. The van der Waals surface area contributed by atoms with Gasteiger partial charge in [0.05, 0.1) is 16.8 Å². The van der Waals surface area contributed by atoms with Crippen molar-refractivity contribution in [3.63, 3.8) is 0 Å². The van der Waals surface area contributed by atoms with Crippen molar-refractivity contribution >= 4 is 50.8 Å². The van der Waals surface area contributed by atoms with Crippen LogP contribution in [0, 0.1) is 0 Å². The van der Waals surface area contributed by atoms with Crippen molar-refractivity contribution in [3.8, 4) is 0 Å². The molecule has 0 saturated carbocycles. The molecule has 1 aromatic heterocycles. The van der Waals surface area contributed by atoms with Crippen LogP contribution < -0.4 is 10.6 Å². The molecule has 0 aliphatic heterocycles. The van der Waals surface area contributed by atoms with E-state index in [1.807, 2.05) is 31.2 Å². The Kier molecular flexibility index (Phi) is 9.34. The number of para-hydroxylation sites is 2. The number of aromatic nitrogens is 2. The molecule has 0 radical (unpaired) electrons. The monoisotopic (exact) mass is 493 g/mol. The summed E-state index contributed by atoms with van der Waals surface area (Å²) in [4.78, 5) is 12.1. The average molecular weight is 493 g/mol. The van der Waals surface area contributed by atoms with Crippen molar-refractivity contribution < 1.29 is 8.42 Å². The van der Waals surface area contributed by atoms with Gasteiger partial charge in [0.25, 0.3) is 0 Å². The molecule has 0 fully saturated rings. The summed E-state index contributed by atoms with van der Waals surface area (Å²) in [6.07, 6.45) is 3.57. The third kappa shape index (κ3) is 7.90. The highest BCUT2D eigenvalue weighted by Crippen LogP contribution is 2.11. The number of benzene rings is 1. The van der Waals surface area contributed by atoms with Crippen molar-refractivity contribution in [2.45, 2.75) is 32.2 Å². The van der Waals surface area contributed by atoms with Gasteiger partial charge in [-0.25, -0.2) is 13.4 Å². The normalized spacial score (nSPS) is 13.3. The molecule has 26 heavy (non-hydrogen) atoms. The fraction of sp³-hybridized carbons (Fsp3) is 0.529. The lowest BCUT2D eigenvalue weighted by Gasteiger charge is -2.17. The molecule has 1 atom stereocenters. The number of aliphatic imine (C=N–C) groups is 1. The third-order valence-corrected chi connectivity index (χ3v) is 4.83. The number of aryl methyl sites for hydroxylation is 1. The largest absolute Gasteiger partial charge is 0.356 e. The highest BCUT2D eigenvalue weighted by molar-refractivity contribution is 14.0. The zero-order valence-corrected chi connectivity index (χ0v) is 18.6. The van der Waals surface area contributed by atoms with Gasteiger partial charge in [-0.15, -0.1) is 24.0 Å². The van der Waals surface area contributed by atoms with Crippen LogP contribution in [0.1, 0.15) is 25.6 Å². The molecule has 146 valence electrons. The molecule has 2 rings (SSSR count). The SMILES string of the molecule is CN=C(NCCCc1nc2ccccc2[nH]1)NC(C)CCS(C)(=O)=O.I. The van der Waals surface area contributed by atoms with E-state index in [0.29, 0.717) is 12.4 Å². The number of nitrogens with zero attached hydrogens (tertiary/aromatic N) is 2. The van der Waals surface area contributed by atoms with Crippen molar-refractivity contribution in [1.82, 2.24) is 20.6 Å². The fourth-order valence-corrected chi connectivity index (χ4v) is 3.26. The Hall–Kier alpha value is -1.36. The van der Waals surface area contributed by atoms with Gasteiger partial charge in [-0.2, -0.15) is 0 Å². The number of guanidine groups is 1. The van der Waals surface area contributed by atoms with Gasteiger partial charge in [0.1, 0.15) is 15.7 Å². The molecule has 0 aliphatic carbocycles. The number of H-pyrrole nitrogens is 1. The molecule has 1 heterocycles. The van der Waals surface area contributed by atoms with Crippen molar-refractivity contribution in [2.75, 3.05) is 25.6 Å². The van der Waals surface area contributed by atoms with E-state index in [-0.39, 0.29) is 35.8 Å². The van der Waals surface area contributed by atoms with Gasteiger partial charge >= 0.3 is 0 Å². The average Bonchev–Trinajstić information content (AvgIpc) is 2.98. The number of hydrogen-bond acceptors (Lipinski definition) is 4. The highest BCUT2D eigenvalue weighted by Gasteiger charge is 2.09. The standard InChI is InChI=1S/C17H27N5O2S.HI/c1-13(10-12-25(3,23)24)20-17(18-2)19-11-6-9-16-21-14-7-4-5-8-15(14)22-16;/h4-5,7-8,13H,6,9-12H2,1-3H3,(H,21,22)(H2,18,19,20);1H. The first-order chi connectivity index (χ1) is 11.9. The van der Waals surface area contributed by atoms with Gasteiger partial charge < -0.3 is 15.6 Å². The van der Waals surface area contributed by atoms with Crippen LogP contribution in [0.5, 0.6) is 0 Å². The Bertz CT molecular complexity index is 786. The summed E-state index contributed by atoms with van der Waals surface area (Å²) < 4.78 is 22.4. The molecule has 0 bridgehead atoms. The van der Waals surface area contributed by atoms with Gasteiger partial charge in [-0.1, -0.05) is 12.1 Å². The van der Waals surface area contributed by atoms with Crippen molar-refractivity contribution in [3.05, 3.63) is 30.1 Å². The molecule has 1 aromatic carbocycles. The van der Waals surface area contributed by atoms with Gasteiger partial charge in [-0.05, 0) is 31.9 Å². The lowest BCUT2D eigenvalue weighted by Crippen LogP contribution is -2.43. The van der Waals surface area contributed by atoms with E-state index in [9.17, 15) is 8.42 Å². The first-order valence-electron chi connectivity index (χ1n) is 8.46. The minimum atomic E-state index is -2.94. The minimum absolute atomic E-state index is 0. The van der Waals surface area contributed by atoms with E-state index < -0.39 is 9.84 Å². The summed E-state index contributed by atoms with van der Waals surface area (Å²) in [5.74, 6) is 1.84. The molecule has 0 saturated heterocycles. The maximum atomic E-state index is 11.2. The zero-order chi connectivity index (χ0) is 18.3. The van der Waals surface area contributed by atoms with Gasteiger partial charge in [0, 0.05) is 32.3 Å². The molecule has 1 unspecified atom stereocenters. The zero-order valence-electron chi connectivity index (χ0n) is 15.4. The maximum absolute atomic E-state index is 11.2. The summed E-state index contributed by atoms with van der Waals surface area (Å²) in [5, 5.41) is 6.46. The van der Waals surface area contributed by atoms with Crippen LogP contribution in [0.2, 0.25) is 0 Å². The molecular formula is C17H28IN5O2S. The quantitative estimate of drug-likeness (QED) is 0.227. The molecular weight excluding hydrogens is 465 g/mol. The molecule has 0 aliphatic rings. The van der Waals surface area contributed by atoms with E-state index in [0.717, 1.165) is 36.2 Å². The lowest BCUT2D eigenvalue weighted by atomic mass is 10.2. The number of rotatable bonds is 8. The Morgan fingerprint density at radius 3 is 2.73 bits per heavy atom. The molecule has 7 nitrogen and oxygen atoms in total. The van der Waals surface area contributed by atoms with Crippen molar-refractivity contribution in [1.29, 1.82) is 0 Å². The maximum Gasteiger partial charge on any atom is 0.191 e. The van der Waals surface area contributed by atoms with Gasteiger partial charge in [-0.3, -0.25) is 4.99 Å². The number of halogens is 1. The Labute approximate surface area is 172 Å². The summed E-state index contributed by atoms with van der Waals surface area (Å²) in [6.45, 7) is 2.71. The predicted octanol–water partition coefficient (Wildman–Crippen LogP) is 2.10. The number of aromatic amines is 1. The van der Waals surface area contributed by atoms with E-state index in [1.165, 1.54) is 6.26 Å². The van der Waals surface area contributed by atoms with E-state index >= 15 is 0 Å². The molecule has 0 amide bonds. The summed E-state index contributed by atoms with van der Waals surface area (Å²) >= 11 is 0. The fourth-order valence-electron chi connectivity index (χ4n) is 2.48. The van der Waals surface area contributed by atoms with Gasteiger partial charge in [0.2, 0.25) is 0 Å². The first kappa shape index (κ1) is 22.7. The number of sulfone groups is 1. The molecule has 9 heteroatoms. The van der Waals surface area contributed by atoms with Gasteiger partial charge in [0.15, 0.2) is 5.96 Å².